The molecule has 1 aromatic carbocycles. The SMILES string of the molecule is Cc1cccc2nc(CCN)n(C(C)C)c12. The first-order chi connectivity index (χ1) is 7.65. The van der Waals surface area contributed by atoms with Crippen LogP contribution in [0.25, 0.3) is 11.0 Å². The van der Waals surface area contributed by atoms with Crippen LogP contribution in [-0.4, -0.2) is 16.1 Å². The third-order valence-electron chi connectivity index (χ3n) is 2.87. The molecule has 0 saturated carbocycles. The Morgan fingerprint density at radius 3 is 2.75 bits per heavy atom. The largest absolute Gasteiger partial charge is 0.330 e. The quantitative estimate of drug-likeness (QED) is 0.858. The van der Waals surface area contributed by atoms with Crippen molar-refractivity contribution in [2.75, 3.05) is 6.54 Å². The molecule has 3 heteroatoms. The van der Waals surface area contributed by atoms with E-state index in [2.05, 4.69) is 48.5 Å². The van der Waals surface area contributed by atoms with Crippen molar-refractivity contribution in [1.29, 1.82) is 0 Å². The molecule has 0 aliphatic heterocycles. The maximum atomic E-state index is 5.64. The molecule has 0 bridgehead atoms. The Balaban J connectivity index is 2.72. The molecule has 2 aromatic rings. The zero-order chi connectivity index (χ0) is 11.7. The molecule has 0 radical (unpaired) electrons. The van der Waals surface area contributed by atoms with Gasteiger partial charge in [-0.3, -0.25) is 0 Å². The van der Waals surface area contributed by atoms with E-state index in [0.29, 0.717) is 12.6 Å². The lowest BCUT2D eigenvalue weighted by Gasteiger charge is -2.13. The van der Waals surface area contributed by atoms with Gasteiger partial charge in [-0.15, -0.1) is 0 Å². The second-order valence-electron chi connectivity index (χ2n) is 4.47. The molecule has 0 saturated heterocycles. The van der Waals surface area contributed by atoms with E-state index in [4.69, 9.17) is 5.73 Å². The Morgan fingerprint density at radius 2 is 2.12 bits per heavy atom. The monoisotopic (exact) mass is 217 g/mol. The zero-order valence-corrected chi connectivity index (χ0v) is 10.2. The molecule has 86 valence electrons. The van der Waals surface area contributed by atoms with Crippen LogP contribution < -0.4 is 5.73 Å². The van der Waals surface area contributed by atoms with E-state index in [9.17, 15) is 0 Å². The van der Waals surface area contributed by atoms with Gasteiger partial charge in [0.2, 0.25) is 0 Å². The number of rotatable bonds is 3. The van der Waals surface area contributed by atoms with Crippen molar-refractivity contribution in [3.05, 3.63) is 29.6 Å². The topological polar surface area (TPSA) is 43.8 Å². The summed E-state index contributed by atoms with van der Waals surface area (Å²) in [4.78, 5) is 4.67. The molecule has 0 atom stereocenters. The van der Waals surface area contributed by atoms with Crippen LogP contribution in [0, 0.1) is 6.92 Å². The summed E-state index contributed by atoms with van der Waals surface area (Å²) in [6.45, 7) is 7.16. The lowest BCUT2D eigenvalue weighted by atomic mass is 10.2. The molecule has 0 aliphatic rings. The highest BCUT2D eigenvalue weighted by Gasteiger charge is 2.13. The number of para-hydroxylation sites is 1. The fourth-order valence-electron chi connectivity index (χ4n) is 2.23. The van der Waals surface area contributed by atoms with E-state index in [-0.39, 0.29) is 0 Å². The molecular weight excluding hydrogens is 198 g/mol. The van der Waals surface area contributed by atoms with Crippen molar-refractivity contribution in [2.24, 2.45) is 5.73 Å². The van der Waals surface area contributed by atoms with Crippen LogP contribution in [0.3, 0.4) is 0 Å². The van der Waals surface area contributed by atoms with Gasteiger partial charge in [-0.2, -0.15) is 0 Å². The van der Waals surface area contributed by atoms with Crippen LogP contribution in [0.2, 0.25) is 0 Å². The molecule has 1 aromatic heterocycles. The first-order valence-corrected chi connectivity index (χ1v) is 5.81. The average molecular weight is 217 g/mol. The molecule has 0 fully saturated rings. The number of nitrogens with zero attached hydrogens (tertiary/aromatic N) is 2. The Kier molecular flexibility index (Phi) is 2.97. The summed E-state index contributed by atoms with van der Waals surface area (Å²) < 4.78 is 2.30. The number of hydrogen-bond acceptors (Lipinski definition) is 2. The van der Waals surface area contributed by atoms with E-state index in [1.165, 1.54) is 11.1 Å². The summed E-state index contributed by atoms with van der Waals surface area (Å²) in [6, 6.07) is 6.69. The highest BCUT2D eigenvalue weighted by Crippen LogP contribution is 2.24. The molecule has 0 unspecified atom stereocenters. The minimum atomic E-state index is 0.424. The van der Waals surface area contributed by atoms with Gasteiger partial charge in [-0.05, 0) is 38.9 Å². The number of aromatic nitrogens is 2. The maximum Gasteiger partial charge on any atom is 0.111 e. The summed E-state index contributed by atoms with van der Waals surface area (Å²) in [6.07, 6.45) is 0.840. The van der Waals surface area contributed by atoms with Crippen molar-refractivity contribution in [2.45, 2.75) is 33.2 Å². The summed E-state index contributed by atoms with van der Waals surface area (Å²) in [7, 11) is 0. The number of aryl methyl sites for hydroxylation is 1. The molecule has 2 N–H and O–H groups in total. The van der Waals surface area contributed by atoms with Crippen molar-refractivity contribution < 1.29 is 0 Å². The molecule has 2 rings (SSSR count). The van der Waals surface area contributed by atoms with E-state index in [1.54, 1.807) is 0 Å². The van der Waals surface area contributed by atoms with Crippen LogP contribution >= 0.6 is 0 Å². The third-order valence-corrected chi connectivity index (χ3v) is 2.87. The second-order valence-corrected chi connectivity index (χ2v) is 4.47. The van der Waals surface area contributed by atoms with Gasteiger partial charge >= 0.3 is 0 Å². The molecular formula is C13H19N3. The molecule has 0 aliphatic carbocycles. The van der Waals surface area contributed by atoms with E-state index in [1.807, 2.05) is 0 Å². The highest BCUT2D eigenvalue weighted by atomic mass is 15.1. The molecule has 3 nitrogen and oxygen atoms in total. The minimum absolute atomic E-state index is 0.424. The number of hydrogen-bond donors (Lipinski definition) is 1. The molecule has 0 spiro atoms. The molecule has 0 amide bonds. The van der Waals surface area contributed by atoms with Crippen LogP contribution in [-0.2, 0) is 6.42 Å². The lowest BCUT2D eigenvalue weighted by molar-refractivity contribution is 0.583. The van der Waals surface area contributed by atoms with Gasteiger partial charge in [0.1, 0.15) is 5.82 Å². The van der Waals surface area contributed by atoms with Gasteiger partial charge in [0.25, 0.3) is 0 Å². The third kappa shape index (κ3) is 1.71. The van der Waals surface area contributed by atoms with Gasteiger partial charge in [0, 0.05) is 12.5 Å². The number of imidazole rings is 1. The highest BCUT2D eigenvalue weighted by molar-refractivity contribution is 5.79. The Labute approximate surface area is 96.3 Å². The van der Waals surface area contributed by atoms with E-state index >= 15 is 0 Å². The first-order valence-electron chi connectivity index (χ1n) is 5.81. The Bertz CT molecular complexity index is 497. The number of nitrogens with two attached hydrogens (primary N) is 1. The zero-order valence-electron chi connectivity index (χ0n) is 10.2. The first kappa shape index (κ1) is 11.1. The average Bonchev–Trinajstić information content (AvgIpc) is 2.58. The van der Waals surface area contributed by atoms with Gasteiger partial charge in [0.05, 0.1) is 11.0 Å². The summed E-state index contributed by atoms with van der Waals surface area (Å²) in [5.41, 5.74) is 9.25. The lowest BCUT2D eigenvalue weighted by Crippen LogP contribution is -2.11. The molecule has 1 heterocycles. The predicted octanol–water partition coefficient (Wildman–Crippen LogP) is 2.43. The van der Waals surface area contributed by atoms with Gasteiger partial charge < -0.3 is 10.3 Å². The Hall–Kier alpha value is -1.35. The fraction of sp³-hybridized carbons (Fsp3) is 0.462. The van der Waals surface area contributed by atoms with Gasteiger partial charge in [0.15, 0.2) is 0 Å². The van der Waals surface area contributed by atoms with Crippen molar-refractivity contribution >= 4 is 11.0 Å². The summed E-state index contributed by atoms with van der Waals surface area (Å²) in [5.74, 6) is 1.10. The predicted molar refractivity (Wildman–Crippen MR) is 67.6 cm³/mol. The summed E-state index contributed by atoms with van der Waals surface area (Å²) >= 11 is 0. The maximum absolute atomic E-state index is 5.64. The van der Waals surface area contributed by atoms with Crippen molar-refractivity contribution in [3.8, 4) is 0 Å². The van der Waals surface area contributed by atoms with Crippen molar-refractivity contribution in [1.82, 2.24) is 9.55 Å². The molecule has 16 heavy (non-hydrogen) atoms. The van der Waals surface area contributed by atoms with Crippen LogP contribution in [0.5, 0.6) is 0 Å². The fourth-order valence-corrected chi connectivity index (χ4v) is 2.23. The second kappa shape index (κ2) is 4.26. The van der Waals surface area contributed by atoms with Gasteiger partial charge in [-0.1, -0.05) is 12.1 Å². The number of fused-ring (bicyclic) bond motifs is 1. The Morgan fingerprint density at radius 1 is 1.38 bits per heavy atom. The normalized spacial score (nSPS) is 11.6. The van der Waals surface area contributed by atoms with Crippen LogP contribution in [0.15, 0.2) is 18.2 Å². The van der Waals surface area contributed by atoms with Crippen LogP contribution in [0.4, 0.5) is 0 Å². The van der Waals surface area contributed by atoms with Crippen LogP contribution in [0.1, 0.15) is 31.3 Å². The van der Waals surface area contributed by atoms with E-state index in [0.717, 1.165) is 17.8 Å². The smallest absolute Gasteiger partial charge is 0.111 e. The van der Waals surface area contributed by atoms with Gasteiger partial charge in [-0.25, -0.2) is 4.98 Å². The minimum Gasteiger partial charge on any atom is -0.330 e. The number of benzene rings is 1. The standard InChI is InChI=1S/C13H19N3/c1-9(2)16-12(7-8-14)15-11-6-4-5-10(3)13(11)16/h4-6,9H,7-8,14H2,1-3H3. The van der Waals surface area contributed by atoms with Crippen molar-refractivity contribution in [3.63, 3.8) is 0 Å². The van der Waals surface area contributed by atoms with E-state index < -0.39 is 0 Å². The summed E-state index contributed by atoms with van der Waals surface area (Å²) in [5, 5.41) is 0.